The topological polar surface area (TPSA) is 41.9 Å². The van der Waals surface area contributed by atoms with Gasteiger partial charge in [-0.15, -0.1) is 0 Å². The summed E-state index contributed by atoms with van der Waals surface area (Å²) in [5.41, 5.74) is 3.49. The van der Waals surface area contributed by atoms with Crippen LogP contribution in [0.4, 0.5) is 0 Å². The number of aromatic hydroxyl groups is 1. The second kappa shape index (κ2) is 10.3. The van der Waals surface area contributed by atoms with E-state index in [1.165, 1.54) is 50.0 Å². The second-order valence-electron chi connectivity index (χ2n) is 9.20. The van der Waals surface area contributed by atoms with Crippen LogP contribution >= 0.6 is 0 Å². The Morgan fingerprint density at radius 2 is 1.67 bits per heavy atom. The van der Waals surface area contributed by atoms with E-state index in [1.807, 2.05) is 18.2 Å². The minimum atomic E-state index is 0.109. The Hall–Kier alpha value is -2.98. The van der Waals surface area contributed by atoms with E-state index in [0.29, 0.717) is 6.61 Å². The highest BCUT2D eigenvalue weighted by Crippen LogP contribution is 2.47. The van der Waals surface area contributed by atoms with E-state index < -0.39 is 0 Å². The number of ether oxygens (including phenoxy) is 2. The predicted molar refractivity (Wildman–Crippen MR) is 131 cm³/mol. The van der Waals surface area contributed by atoms with E-state index in [-0.39, 0.29) is 17.6 Å². The maximum Gasteiger partial charge on any atom is 0.123 e. The van der Waals surface area contributed by atoms with Crippen molar-refractivity contribution in [1.29, 1.82) is 0 Å². The average Bonchev–Trinajstić information content (AvgIpc) is 3.38. The molecule has 2 heterocycles. The molecule has 0 aliphatic carbocycles. The molecule has 2 aliphatic rings. The van der Waals surface area contributed by atoms with Crippen LogP contribution < -0.4 is 9.47 Å². The van der Waals surface area contributed by atoms with Gasteiger partial charge in [0.25, 0.3) is 0 Å². The highest BCUT2D eigenvalue weighted by molar-refractivity contribution is 5.51. The highest BCUT2D eigenvalue weighted by Gasteiger charge is 2.33. The number of nitrogens with zero attached hydrogens (tertiary/aromatic N) is 1. The zero-order chi connectivity index (χ0) is 22.5. The van der Waals surface area contributed by atoms with Gasteiger partial charge in [-0.3, -0.25) is 0 Å². The first-order valence-corrected chi connectivity index (χ1v) is 12.2. The quantitative estimate of drug-likeness (QED) is 0.437. The minimum absolute atomic E-state index is 0.109. The van der Waals surface area contributed by atoms with Crippen LogP contribution in [0.2, 0.25) is 0 Å². The first-order valence-electron chi connectivity index (χ1n) is 12.2. The third-order valence-electron chi connectivity index (χ3n) is 6.95. The van der Waals surface area contributed by atoms with Crippen molar-refractivity contribution < 1.29 is 14.6 Å². The molecule has 2 atom stereocenters. The lowest BCUT2D eigenvalue weighted by molar-refractivity contribution is 0.248. The summed E-state index contributed by atoms with van der Waals surface area (Å²) in [6, 6.07) is 24.4. The Balaban J connectivity index is 1.29. The molecule has 0 bridgehead atoms. The number of phenolic OH excluding ortho intramolecular Hbond substituents is 1. The summed E-state index contributed by atoms with van der Waals surface area (Å²) in [5, 5.41) is 10.2. The molecule has 0 radical (unpaired) electrons. The molecule has 2 aliphatic heterocycles. The molecule has 5 rings (SSSR count). The fraction of sp³-hybridized carbons (Fsp3) is 0.379. The van der Waals surface area contributed by atoms with Crippen LogP contribution in [0, 0.1) is 0 Å². The summed E-state index contributed by atoms with van der Waals surface area (Å²) in [6.45, 7) is 5.09. The smallest absolute Gasteiger partial charge is 0.123 e. The number of hydrogen-bond donors (Lipinski definition) is 1. The molecule has 0 aromatic heterocycles. The zero-order valence-electron chi connectivity index (χ0n) is 19.2. The number of hydrogen-bond acceptors (Lipinski definition) is 4. The minimum Gasteiger partial charge on any atom is -0.508 e. The molecule has 0 unspecified atom stereocenters. The summed E-state index contributed by atoms with van der Waals surface area (Å²) < 4.78 is 12.1. The molecular weight excluding hydrogens is 410 g/mol. The van der Waals surface area contributed by atoms with Gasteiger partial charge in [-0.05, 0) is 86.8 Å². The van der Waals surface area contributed by atoms with Crippen LogP contribution in [0.25, 0.3) is 0 Å². The maximum absolute atomic E-state index is 10.2. The summed E-state index contributed by atoms with van der Waals surface area (Å²) in [6.07, 6.45) is 4.98. The zero-order valence-corrected chi connectivity index (χ0v) is 19.2. The number of benzene rings is 3. The van der Waals surface area contributed by atoms with E-state index in [2.05, 4.69) is 53.4 Å². The van der Waals surface area contributed by atoms with Crippen LogP contribution in [-0.4, -0.2) is 42.9 Å². The molecular formula is C29H33NO3. The van der Waals surface area contributed by atoms with Gasteiger partial charge in [-0.1, -0.05) is 42.5 Å². The van der Waals surface area contributed by atoms with Crippen molar-refractivity contribution in [3.05, 3.63) is 89.5 Å². The fourth-order valence-corrected chi connectivity index (χ4v) is 5.21. The van der Waals surface area contributed by atoms with Gasteiger partial charge in [-0.2, -0.15) is 0 Å². The molecule has 1 saturated heterocycles. The lowest BCUT2D eigenvalue weighted by Crippen LogP contribution is -2.25. The first kappa shape index (κ1) is 21.8. The van der Waals surface area contributed by atoms with Crippen LogP contribution in [0.15, 0.2) is 72.8 Å². The Labute approximate surface area is 196 Å². The Morgan fingerprint density at radius 1 is 0.879 bits per heavy atom. The first-order chi connectivity index (χ1) is 16.3. The van der Waals surface area contributed by atoms with Gasteiger partial charge in [0.05, 0.1) is 13.2 Å². The lowest BCUT2D eigenvalue weighted by atomic mass is 9.76. The van der Waals surface area contributed by atoms with Crippen molar-refractivity contribution in [3.63, 3.8) is 0 Å². The van der Waals surface area contributed by atoms with Gasteiger partial charge < -0.3 is 19.5 Å². The molecule has 4 nitrogen and oxygen atoms in total. The van der Waals surface area contributed by atoms with Gasteiger partial charge in [-0.25, -0.2) is 0 Å². The second-order valence-corrected chi connectivity index (χ2v) is 9.20. The summed E-state index contributed by atoms with van der Waals surface area (Å²) in [7, 11) is 0. The van der Waals surface area contributed by atoms with Gasteiger partial charge in [0.2, 0.25) is 0 Å². The molecule has 0 amide bonds. The molecule has 4 heteroatoms. The van der Waals surface area contributed by atoms with Gasteiger partial charge >= 0.3 is 0 Å². The van der Waals surface area contributed by atoms with Crippen molar-refractivity contribution in [2.24, 2.45) is 0 Å². The van der Waals surface area contributed by atoms with Crippen molar-refractivity contribution in [2.45, 2.75) is 37.5 Å². The van der Waals surface area contributed by atoms with E-state index >= 15 is 0 Å². The Morgan fingerprint density at radius 3 is 2.45 bits per heavy atom. The normalized spacial score (nSPS) is 20.2. The number of unbranched alkanes of at least 4 members (excludes halogenated alkanes) is 1. The third kappa shape index (κ3) is 5.17. The van der Waals surface area contributed by atoms with Crippen molar-refractivity contribution >= 4 is 0 Å². The van der Waals surface area contributed by atoms with Gasteiger partial charge in [0.1, 0.15) is 17.2 Å². The van der Waals surface area contributed by atoms with Gasteiger partial charge in [0.15, 0.2) is 0 Å². The van der Waals surface area contributed by atoms with Crippen molar-refractivity contribution in [1.82, 2.24) is 4.90 Å². The van der Waals surface area contributed by atoms with E-state index in [1.54, 1.807) is 6.07 Å². The molecule has 1 fully saturated rings. The monoisotopic (exact) mass is 443 g/mol. The van der Waals surface area contributed by atoms with Crippen molar-refractivity contribution in [2.75, 3.05) is 32.8 Å². The number of phenols is 1. The number of likely N-dealkylation sites (tertiary alicyclic amines) is 1. The standard InChI is InChI=1S/C29H33NO3/c31-24-12-15-28-26(20-24)29(27(21-33-28)22-8-2-1-3-9-22)23-10-13-25(14-11-23)32-19-7-6-18-30-16-4-5-17-30/h1-3,8-15,20,27,29,31H,4-7,16-19,21H2/t27-,29-/m1/s1. The van der Waals surface area contributed by atoms with Crippen LogP contribution in [0.5, 0.6) is 17.2 Å². The molecule has 33 heavy (non-hydrogen) atoms. The average molecular weight is 444 g/mol. The molecule has 3 aromatic rings. The third-order valence-corrected chi connectivity index (χ3v) is 6.95. The summed E-state index contributed by atoms with van der Waals surface area (Å²) >= 11 is 0. The van der Waals surface area contributed by atoms with Gasteiger partial charge in [0, 0.05) is 17.4 Å². The fourth-order valence-electron chi connectivity index (χ4n) is 5.21. The molecule has 3 aromatic carbocycles. The molecule has 1 N–H and O–H groups in total. The molecule has 172 valence electrons. The highest BCUT2D eigenvalue weighted by atomic mass is 16.5. The summed E-state index contributed by atoms with van der Waals surface area (Å²) in [4.78, 5) is 2.56. The Bertz CT molecular complexity index is 1030. The molecule has 0 spiro atoms. The lowest BCUT2D eigenvalue weighted by Gasteiger charge is -2.34. The van der Waals surface area contributed by atoms with E-state index in [9.17, 15) is 5.11 Å². The number of fused-ring (bicyclic) bond motifs is 1. The van der Waals surface area contributed by atoms with E-state index in [0.717, 1.165) is 30.1 Å². The van der Waals surface area contributed by atoms with Crippen LogP contribution in [0.1, 0.15) is 54.2 Å². The van der Waals surface area contributed by atoms with Crippen LogP contribution in [0.3, 0.4) is 0 Å². The predicted octanol–water partition coefficient (Wildman–Crippen LogP) is 5.96. The largest absolute Gasteiger partial charge is 0.508 e. The van der Waals surface area contributed by atoms with Crippen LogP contribution in [-0.2, 0) is 0 Å². The SMILES string of the molecule is Oc1ccc2c(c1)[C@@H](c1ccc(OCCCCN3CCCC3)cc1)[C@@H](c1ccccc1)CO2. The Kier molecular flexibility index (Phi) is 6.82. The summed E-state index contributed by atoms with van der Waals surface area (Å²) in [5.74, 6) is 2.32. The van der Waals surface area contributed by atoms with E-state index in [4.69, 9.17) is 9.47 Å². The molecule has 0 saturated carbocycles. The number of rotatable bonds is 8. The van der Waals surface area contributed by atoms with Crippen molar-refractivity contribution in [3.8, 4) is 17.2 Å². The maximum atomic E-state index is 10.2.